The molecule has 132 valence electrons. The zero-order chi connectivity index (χ0) is 18.4. The summed E-state index contributed by atoms with van der Waals surface area (Å²) in [7, 11) is 0. The number of carbonyl (C=O) groups excluding carboxylic acids is 1. The Morgan fingerprint density at radius 3 is 3.00 bits per heavy atom. The lowest BCUT2D eigenvalue weighted by Crippen LogP contribution is -2.23. The number of amides is 1. The number of imidazole rings is 1. The third kappa shape index (κ3) is 4.16. The van der Waals surface area contributed by atoms with Gasteiger partial charge in [0.1, 0.15) is 24.7 Å². The number of aryl methyl sites for hydroxylation is 1. The molecule has 0 bridgehead atoms. The normalized spacial score (nSPS) is 11.0. The zero-order valence-electron chi connectivity index (χ0n) is 14.6. The van der Waals surface area contributed by atoms with Crippen LogP contribution in [0.15, 0.2) is 66.3 Å². The van der Waals surface area contributed by atoms with Crippen LogP contribution in [0.2, 0.25) is 0 Å². The van der Waals surface area contributed by atoms with Gasteiger partial charge >= 0.3 is 0 Å². The topological polar surface area (TPSA) is 68.5 Å². The first-order valence-corrected chi connectivity index (χ1v) is 8.25. The molecular weight excluding hydrogens is 328 g/mol. The maximum atomic E-state index is 12.2. The fourth-order valence-electron chi connectivity index (χ4n) is 2.59. The highest BCUT2D eigenvalue weighted by Crippen LogP contribution is 2.15. The summed E-state index contributed by atoms with van der Waals surface area (Å²) in [5.74, 6) is 1.30. The molecule has 1 N–H and O–H groups in total. The van der Waals surface area contributed by atoms with E-state index in [2.05, 4.69) is 22.1 Å². The highest BCUT2D eigenvalue weighted by molar-refractivity contribution is 5.84. The molecule has 0 atom stereocenters. The van der Waals surface area contributed by atoms with Crippen molar-refractivity contribution in [2.24, 2.45) is 5.10 Å². The molecule has 0 saturated heterocycles. The first-order chi connectivity index (χ1) is 12.7. The second-order valence-electron chi connectivity index (χ2n) is 5.70. The quantitative estimate of drug-likeness (QED) is 0.405. The van der Waals surface area contributed by atoms with Gasteiger partial charge in [0.05, 0.1) is 17.2 Å². The van der Waals surface area contributed by atoms with Gasteiger partial charge in [-0.15, -0.1) is 0 Å². The fraction of sp³-hybridized carbons (Fsp3) is 0.150. The van der Waals surface area contributed by atoms with Gasteiger partial charge in [0, 0.05) is 0 Å². The lowest BCUT2D eigenvalue weighted by molar-refractivity contribution is -0.121. The van der Waals surface area contributed by atoms with Crippen LogP contribution in [0.3, 0.4) is 0 Å². The summed E-state index contributed by atoms with van der Waals surface area (Å²) in [5, 5.41) is 4.02. The third-order valence-electron chi connectivity index (χ3n) is 3.78. The molecule has 0 aliphatic heterocycles. The van der Waals surface area contributed by atoms with Gasteiger partial charge in [0.2, 0.25) is 0 Å². The van der Waals surface area contributed by atoms with Gasteiger partial charge in [0.25, 0.3) is 5.91 Å². The average molecular weight is 348 g/mol. The summed E-state index contributed by atoms with van der Waals surface area (Å²) in [6.45, 7) is 6.10. The smallest absolute Gasteiger partial charge is 0.260 e. The van der Waals surface area contributed by atoms with E-state index >= 15 is 0 Å². The number of hydrogen-bond donors (Lipinski definition) is 1. The molecule has 1 heterocycles. The first kappa shape index (κ1) is 17.4. The number of benzene rings is 2. The van der Waals surface area contributed by atoms with Gasteiger partial charge < -0.3 is 9.30 Å². The molecule has 26 heavy (non-hydrogen) atoms. The highest BCUT2D eigenvalue weighted by Gasteiger charge is 2.09. The van der Waals surface area contributed by atoms with Crippen molar-refractivity contribution >= 4 is 23.2 Å². The number of rotatable bonds is 7. The van der Waals surface area contributed by atoms with Crippen LogP contribution in [0.1, 0.15) is 11.4 Å². The van der Waals surface area contributed by atoms with E-state index in [9.17, 15) is 4.79 Å². The van der Waals surface area contributed by atoms with Crippen LogP contribution in [0, 0.1) is 6.92 Å². The Hall–Kier alpha value is -3.41. The van der Waals surface area contributed by atoms with Crippen LogP contribution in [0.5, 0.6) is 5.75 Å². The summed E-state index contributed by atoms with van der Waals surface area (Å²) in [6.07, 6.45) is 3.26. The Morgan fingerprint density at radius 2 is 2.15 bits per heavy atom. The number of carbonyl (C=O) groups is 1. The second-order valence-corrected chi connectivity index (χ2v) is 5.70. The molecule has 0 aliphatic carbocycles. The molecule has 0 unspecified atom stereocenters. The van der Waals surface area contributed by atoms with E-state index in [1.807, 2.05) is 60.0 Å². The fourth-order valence-corrected chi connectivity index (χ4v) is 2.59. The Kier molecular flexibility index (Phi) is 5.43. The molecule has 2 aromatic carbocycles. The number of nitrogens with one attached hydrogen (secondary N) is 1. The van der Waals surface area contributed by atoms with Crippen LogP contribution in [0.4, 0.5) is 0 Å². The molecule has 1 amide bonds. The molecule has 0 spiro atoms. The van der Waals surface area contributed by atoms with Gasteiger partial charge in [0.15, 0.2) is 0 Å². The number of fused-ring (bicyclic) bond motifs is 1. The summed E-state index contributed by atoms with van der Waals surface area (Å²) in [4.78, 5) is 16.6. The number of para-hydroxylation sites is 2. The van der Waals surface area contributed by atoms with Gasteiger partial charge in [-0.1, -0.05) is 36.9 Å². The molecule has 6 nitrogen and oxygen atoms in total. The number of nitrogens with zero attached hydrogens (tertiary/aromatic N) is 3. The number of ether oxygens (including phenoxy) is 1. The van der Waals surface area contributed by atoms with Crippen LogP contribution in [0.25, 0.3) is 11.0 Å². The summed E-state index contributed by atoms with van der Waals surface area (Å²) in [5.41, 5.74) is 5.18. The zero-order valence-corrected chi connectivity index (χ0v) is 14.6. The molecule has 3 aromatic rings. The van der Waals surface area contributed by atoms with Crippen LogP contribution < -0.4 is 10.2 Å². The van der Waals surface area contributed by atoms with Crippen molar-refractivity contribution in [1.82, 2.24) is 15.0 Å². The maximum Gasteiger partial charge on any atom is 0.260 e. The van der Waals surface area contributed by atoms with Crippen LogP contribution in [-0.2, 0) is 11.3 Å². The minimum atomic E-state index is -0.216. The number of aromatic nitrogens is 2. The number of hydrazone groups is 1. The van der Waals surface area contributed by atoms with Crippen LogP contribution >= 0.6 is 0 Å². The Balaban J connectivity index is 1.62. The Bertz CT molecular complexity index is 959. The predicted molar refractivity (Wildman–Crippen MR) is 102 cm³/mol. The summed E-state index contributed by atoms with van der Waals surface area (Å²) >= 11 is 0. The van der Waals surface area contributed by atoms with Gasteiger partial charge in [-0.3, -0.25) is 4.79 Å². The molecule has 0 radical (unpaired) electrons. The van der Waals surface area contributed by atoms with E-state index in [1.54, 1.807) is 12.3 Å². The summed E-state index contributed by atoms with van der Waals surface area (Å²) in [6, 6.07) is 15.2. The van der Waals surface area contributed by atoms with Gasteiger partial charge in [-0.2, -0.15) is 5.10 Å². The van der Waals surface area contributed by atoms with Crippen molar-refractivity contribution in [1.29, 1.82) is 0 Å². The van der Waals surface area contributed by atoms with Crippen molar-refractivity contribution in [2.45, 2.75) is 13.5 Å². The largest absolute Gasteiger partial charge is 0.490 e. The SMILES string of the molecule is C=CCOc1cccc(/C=N\NC(=O)Cn2c(C)nc3ccccc32)c1. The number of hydrogen-bond acceptors (Lipinski definition) is 4. The van der Waals surface area contributed by atoms with E-state index in [0.717, 1.165) is 28.2 Å². The third-order valence-corrected chi connectivity index (χ3v) is 3.78. The van der Waals surface area contributed by atoms with Gasteiger partial charge in [-0.25, -0.2) is 10.4 Å². The van der Waals surface area contributed by atoms with E-state index in [0.29, 0.717) is 6.61 Å². The van der Waals surface area contributed by atoms with Crippen LogP contribution in [-0.4, -0.2) is 28.3 Å². The minimum Gasteiger partial charge on any atom is -0.490 e. The first-order valence-electron chi connectivity index (χ1n) is 8.25. The highest BCUT2D eigenvalue weighted by atomic mass is 16.5. The monoisotopic (exact) mass is 348 g/mol. The van der Waals surface area contributed by atoms with E-state index in [-0.39, 0.29) is 12.5 Å². The standard InChI is InChI=1S/C20H20N4O2/c1-3-11-26-17-8-6-7-16(12-17)13-21-23-20(25)14-24-15(2)22-18-9-4-5-10-19(18)24/h3-10,12-13H,1,11,14H2,2H3,(H,23,25)/b21-13-. The second kappa shape index (κ2) is 8.11. The Labute approximate surface area is 151 Å². The predicted octanol–water partition coefficient (Wildman–Crippen LogP) is 3.06. The molecule has 1 aromatic heterocycles. The summed E-state index contributed by atoms with van der Waals surface area (Å²) < 4.78 is 7.34. The van der Waals surface area contributed by atoms with Crippen molar-refractivity contribution in [3.8, 4) is 5.75 Å². The molecular formula is C20H20N4O2. The van der Waals surface area contributed by atoms with Crippen molar-refractivity contribution < 1.29 is 9.53 Å². The van der Waals surface area contributed by atoms with E-state index < -0.39 is 0 Å². The minimum absolute atomic E-state index is 0.159. The van der Waals surface area contributed by atoms with Crippen molar-refractivity contribution in [2.75, 3.05) is 6.61 Å². The van der Waals surface area contributed by atoms with Crippen molar-refractivity contribution in [3.05, 3.63) is 72.6 Å². The lowest BCUT2D eigenvalue weighted by Gasteiger charge is -2.05. The molecule has 0 saturated carbocycles. The maximum absolute atomic E-state index is 12.2. The molecule has 3 rings (SSSR count). The molecule has 6 heteroatoms. The molecule has 0 aliphatic rings. The van der Waals surface area contributed by atoms with Gasteiger partial charge in [-0.05, 0) is 36.8 Å². The van der Waals surface area contributed by atoms with E-state index in [4.69, 9.17) is 4.74 Å². The molecule has 0 fully saturated rings. The van der Waals surface area contributed by atoms with E-state index in [1.165, 1.54) is 0 Å². The lowest BCUT2D eigenvalue weighted by atomic mass is 10.2. The van der Waals surface area contributed by atoms with Crippen molar-refractivity contribution in [3.63, 3.8) is 0 Å². The Morgan fingerprint density at radius 1 is 1.31 bits per heavy atom. The average Bonchev–Trinajstić information content (AvgIpc) is 2.96.